The van der Waals surface area contributed by atoms with Gasteiger partial charge < -0.3 is 4.74 Å². The maximum Gasteiger partial charge on any atom is 0.337 e. The predicted octanol–water partition coefficient (Wildman–Crippen LogP) is 2.49. The molecule has 0 spiro atoms. The van der Waals surface area contributed by atoms with Gasteiger partial charge in [0, 0.05) is 16.2 Å². The second-order valence-corrected chi connectivity index (χ2v) is 3.49. The highest BCUT2D eigenvalue weighted by molar-refractivity contribution is 7.17. The highest BCUT2D eigenvalue weighted by Gasteiger charge is 2.05. The van der Waals surface area contributed by atoms with Gasteiger partial charge in [-0.3, -0.25) is 0 Å². The molecule has 0 aliphatic heterocycles. The molecule has 0 unspecified atom stereocenters. The van der Waals surface area contributed by atoms with E-state index in [2.05, 4.69) is 10.8 Å². The minimum atomic E-state index is -0.304. The first-order valence-electron chi connectivity index (χ1n) is 3.78. The molecule has 0 saturated heterocycles. The van der Waals surface area contributed by atoms with Crippen molar-refractivity contribution in [2.45, 2.75) is 0 Å². The van der Waals surface area contributed by atoms with Crippen molar-refractivity contribution in [3.05, 3.63) is 35.2 Å². The van der Waals surface area contributed by atoms with Crippen LogP contribution < -0.4 is 0 Å². The number of methoxy groups -OCH3 is 1. The molecular weight excluding hydrogens is 184 g/mol. The van der Waals surface area contributed by atoms with Crippen LogP contribution in [-0.2, 0) is 4.74 Å². The van der Waals surface area contributed by atoms with Crippen molar-refractivity contribution < 1.29 is 9.53 Å². The Bertz CT molecular complexity index is 445. The molecule has 65 valence electrons. The lowest BCUT2D eigenvalue weighted by Gasteiger charge is -1.97. The van der Waals surface area contributed by atoms with Gasteiger partial charge in [0.15, 0.2) is 0 Å². The Morgan fingerprint density at radius 1 is 1.54 bits per heavy atom. The standard InChI is InChI=1S/C10H7O2S/c1-12-10(11)8-2-3-9-7(6-8)4-5-13-9/h2-3,5-6H,1H3. The van der Waals surface area contributed by atoms with Crippen LogP contribution in [0.1, 0.15) is 10.4 Å². The number of fused-ring (bicyclic) bond motifs is 1. The molecule has 13 heavy (non-hydrogen) atoms. The summed E-state index contributed by atoms with van der Waals surface area (Å²) < 4.78 is 5.74. The van der Waals surface area contributed by atoms with Gasteiger partial charge in [-0.25, -0.2) is 4.79 Å². The van der Waals surface area contributed by atoms with Crippen LogP contribution in [0, 0.1) is 6.07 Å². The zero-order valence-electron chi connectivity index (χ0n) is 7.03. The van der Waals surface area contributed by atoms with Crippen molar-refractivity contribution in [1.29, 1.82) is 0 Å². The summed E-state index contributed by atoms with van der Waals surface area (Å²) in [5.41, 5.74) is 0.574. The van der Waals surface area contributed by atoms with Crippen molar-refractivity contribution in [3.8, 4) is 0 Å². The van der Waals surface area contributed by atoms with Gasteiger partial charge in [-0.1, -0.05) is 0 Å². The summed E-state index contributed by atoms with van der Waals surface area (Å²) >= 11 is 1.61. The van der Waals surface area contributed by atoms with Gasteiger partial charge in [0.25, 0.3) is 0 Å². The second kappa shape index (κ2) is 3.18. The Balaban J connectivity index is 2.54. The summed E-state index contributed by atoms with van der Waals surface area (Å²) in [5, 5.41) is 2.85. The summed E-state index contributed by atoms with van der Waals surface area (Å²) in [6.45, 7) is 0. The van der Waals surface area contributed by atoms with E-state index in [1.54, 1.807) is 23.5 Å². The smallest absolute Gasteiger partial charge is 0.337 e. The van der Waals surface area contributed by atoms with Crippen LogP contribution >= 0.6 is 11.3 Å². The summed E-state index contributed by atoms with van der Waals surface area (Å²) in [4.78, 5) is 11.1. The fraction of sp³-hybridized carbons (Fsp3) is 0.100. The van der Waals surface area contributed by atoms with E-state index in [1.807, 2.05) is 11.4 Å². The number of hydrogen-bond acceptors (Lipinski definition) is 3. The molecule has 0 atom stereocenters. The molecule has 0 N–H and O–H groups in total. The van der Waals surface area contributed by atoms with Crippen molar-refractivity contribution in [2.75, 3.05) is 7.11 Å². The molecule has 0 amide bonds. The minimum absolute atomic E-state index is 0.304. The highest BCUT2D eigenvalue weighted by Crippen LogP contribution is 2.21. The van der Waals surface area contributed by atoms with Gasteiger partial charge in [0.05, 0.1) is 12.7 Å². The molecule has 0 saturated carbocycles. The number of rotatable bonds is 1. The van der Waals surface area contributed by atoms with E-state index in [9.17, 15) is 4.79 Å². The first kappa shape index (κ1) is 8.26. The number of ether oxygens (including phenoxy) is 1. The average molecular weight is 191 g/mol. The number of esters is 1. The Kier molecular flexibility index (Phi) is 2.02. The number of benzene rings is 1. The van der Waals surface area contributed by atoms with E-state index in [-0.39, 0.29) is 5.97 Å². The van der Waals surface area contributed by atoms with Crippen molar-refractivity contribution >= 4 is 27.4 Å². The molecule has 1 aromatic heterocycles. The van der Waals surface area contributed by atoms with Crippen LogP contribution in [0.25, 0.3) is 10.1 Å². The zero-order valence-corrected chi connectivity index (χ0v) is 7.85. The van der Waals surface area contributed by atoms with Gasteiger partial charge in [-0.05, 0) is 23.6 Å². The van der Waals surface area contributed by atoms with E-state index in [0.717, 1.165) is 10.1 Å². The van der Waals surface area contributed by atoms with E-state index in [0.29, 0.717) is 5.56 Å². The molecule has 0 fully saturated rings. The molecule has 1 radical (unpaired) electrons. The van der Waals surface area contributed by atoms with E-state index >= 15 is 0 Å². The molecule has 0 aliphatic rings. The monoisotopic (exact) mass is 191 g/mol. The molecule has 1 aromatic carbocycles. The van der Waals surface area contributed by atoms with Crippen LogP contribution in [0.5, 0.6) is 0 Å². The van der Waals surface area contributed by atoms with Gasteiger partial charge in [-0.15, -0.1) is 11.3 Å². The second-order valence-electron chi connectivity index (χ2n) is 2.58. The van der Waals surface area contributed by atoms with Gasteiger partial charge in [0.1, 0.15) is 0 Å². The fourth-order valence-corrected chi connectivity index (χ4v) is 1.85. The lowest BCUT2D eigenvalue weighted by Crippen LogP contribution is -1.99. The summed E-state index contributed by atoms with van der Waals surface area (Å²) in [6, 6.07) is 8.51. The predicted molar refractivity (Wildman–Crippen MR) is 52.0 cm³/mol. The quantitative estimate of drug-likeness (QED) is 0.647. The minimum Gasteiger partial charge on any atom is -0.465 e. The Labute approximate surface area is 79.8 Å². The Morgan fingerprint density at radius 3 is 3.15 bits per heavy atom. The largest absolute Gasteiger partial charge is 0.465 e. The number of thiophene rings is 1. The van der Waals surface area contributed by atoms with E-state index in [1.165, 1.54) is 7.11 Å². The zero-order chi connectivity index (χ0) is 9.26. The van der Waals surface area contributed by atoms with Crippen molar-refractivity contribution in [2.24, 2.45) is 0 Å². The number of carbonyl (C=O) groups is 1. The maximum atomic E-state index is 11.1. The molecule has 0 aliphatic carbocycles. The number of carbonyl (C=O) groups excluding carboxylic acids is 1. The van der Waals surface area contributed by atoms with Crippen molar-refractivity contribution in [1.82, 2.24) is 0 Å². The van der Waals surface area contributed by atoms with E-state index < -0.39 is 0 Å². The first-order valence-corrected chi connectivity index (χ1v) is 4.66. The normalized spacial score (nSPS) is 10.2. The third-order valence-electron chi connectivity index (χ3n) is 1.80. The lowest BCUT2D eigenvalue weighted by molar-refractivity contribution is 0.0601. The maximum absolute atomic E-state index is 11.1. The SMILES string of the molecule is COC(=O)c1ccc2sc[c]c2c1. The van der Waals surface area contributed by atoms with Crippen LogP contribution in [0.3, 0.4) is 0 Å². The Hall–Kier alpha value is -1.35. The molecule has 2 rings (SSSR count). The van der Waals surface area contributed by atoms with Crippen LogP contribution in [-0.4, -0.2) is 13.1 Å². The molecule has 2 nitrogen and oxygen atoms in total. The molecule has 3 heteroatoms. The molecule has 2 aromatic rings. The van der Waals surface area contributed by atoms with Gasteiger partial charge >= 0.3 is 5.97 Å². The third kappa shape index (κ3) is 1.42. The van der Waals surface area contributed by atoms with Crippen LogP contribution in [0.2, 0.25) is 0 Å². The van der Waals surface area contributed by atoms with Gasteiger partial charge in [-0.2, -0.15) is 0 Å². The molecular formula is C10H7O2S. The highest BCUT2D eigenvalue weighted by atomic mass is 32.1. The number of hydrogen-bond donors (Lipinski definition) is 0. The molecule has 0 bridgehead atoms. The van der Waals surface area contributed by atoms with Crippen molar-refractivity contribution in [3.63, 3.8) is 0 Å². The topological polar surface area (TPSA) is 26.3 Å². The molecule has 1 heterocycles. The fourth-order valence-electron chi connectivity index (χ4n) is 1.15. The van der Waals surface area contributed by atoms with Gasteiger partial charge in [0.2, 0.25) is 0 Å². The summed E-state index contributed by atoms with van der Waals surface area (Å²) in [7, 11) is 1.38. The first-order chi connectivity index (χ1) is 6.31. The average Bonchev–Trinajstić information content (AvgIpc) is 2.63. The van der Waals surface area contributed by atoms with Crippen LogP contribution in [0.15, 0.2) is 23.6 Å². The third-order valence-corrected chi connectivity index (χ3v) is 2.65. The van der Waals surface area contributed by atoms with E-state index in [4.69, 9.17) is 0 Å². The Morgan fingerprint density at radius 2 is 2.38 bits per heavy atom. The summed E-state index contributed by atoms with van der Waals surface area (Å²) in [6.07, 6.45) is 0. The lowest BCUT2D eigenvalue weighted by atomic mass is 10.2. The van der Waals surface area contributed by atoms with Crippen LogP contribution in [0.4, 0.5) is 0 Å². The summed E-state index contributed by atoms with van der Waals surface area (Å²) in [5.74, 6) is -0.304.